The third-order valence-corrected chi connectivity index (χ3v) is 5.45. The summed E-state index contributed by atoms with van der Waals surface area (Å²) in [6.45, 7) is 1.65. The number of fused-ring (bicyclic) bond motifs is 1. The van der Waals surface area contributed by atoms with E-state index < -0.39 is 29.3 Å². The van der Waals surface area contributed by atoms with E-state index in [-0.39, 0.29) is 17.7 Å². The first kappa shape index (κ1) is 15.0. The van der Waals surface area contributed by atoms with Gasteiger partial charge in [-0.15, -0.1) is 0 Å². The molecule has 0 aliphatic heterocycles. The fourth-order valence-electron chi connectivity index (χ4n) is 4.16. The van der Waals surface area contributed by atoms with Crippen LogP contribution in [0.3, 0.4) is 0 Å². The van der Waals surface area contributed by atoms with Gasteiger partial charge in [0.15, 0.2) is 0 Å². The molecule has 0 heterocycles. The molecule has 2 aliphatic carbocycles. The van der Waals surface area contributed by atoms with Crippen LogP contribution in [0.1, 0.15) is 17.5 Å². The molecule has 0 saturated heterocycles. The summed E-state index contributed by atoms with van der Waals surface area (Å²) in [7, 11) is 0. The van der Waals surface area contributed by atoms with Gasteiger partial charge in [0.05, 0.1) is 5.92 Å². The molecule has 6 heteroatoms. The minimum Gasteiger partial charge on any atom is -0.481 e. The number of nitrogens with two attached hydrogens (primary N) is 1. The molecule has 118 valence electrons. The fraction of sp³-hybridized carbons (Fsp3) is 0.500. The van der Waals surface area contributed by atoms with Gasteiger partial charge in [-0.05, 0) is 48.8 Å². The van der Waals surface area contributed by atoms with Crippen LogP contribution >= 0.6 is 0 Å². The minimum absolute atomic E-state index is 0.183. The second-order valence-electron chi connectivity index (χ2n) is 6.45. The Morgan fingerprint density at radius 1 is 1.41 bits per heavy atom. The van der Waals surface area contributed by atoms with Crippen LogP contribution in [0.4, 0.5) is 4.39 Å². The molecule has 22 heavy (non-hydrogen) atoms. The molecule has 0 radical (unpaired) electrons. The SMILES string of the molecule is Cc1c(F)cccc1CC1CC2C(C(=O)O)C2C1(N)C(=O)O. The van der Waals surface area contributed by atoms with Gasteiger partial charge in [0.25, 0.3) is 0 Å². The predicted octanol–water partition coefficient (Wildman–Crippen LogP) is 1.43. The van der Waals surface area contributed by atoms with E-state index >= 15 is 0 Å². The Hall–Kier alpha value is -1.95. The molecule has 0 bridgehead atoms. The number of benzene rings is 1. The molecular weight excluding hydrogens is 289 g/mol. The normalized spacial score (nSPS) is 36.0. The van der Waals surface area contributed by atoms with Crippen LogP contribution < -0.4 is 5.73 Å². The molecule has 5 nitrogen and oxygen atoms in total. The molecule has 1 aromatic carbocycles. The molecule has 4 N–H and O–H groups in total. The minimum atomic E-state index is -1.55. The number of carbonyl (C=O) groups is 2. The molecule has 3 rings (SSSR count). The summed E-state index contributed by atoms with van der Waals surface area (Å²) < 4.78 is 13.6. The topological polar surface area (TPSA) is 101 Å². The fourth-order valence-corrected chi connectivity index (χ4v) is 4.16. The summed E-state index contributed by atoms with van der Waals surface area (Å²) in [5, 5.41) is 18.7. The average Bonchev–Trinajstić information content (AvgIpc) is 3.09. The number of carboxylic acids is 2. The summed E-state index contributed by atoms with van der Waals surface area (Å²) in [5.74, 6) is -4.22. The van der Waals surface area contributed by atoms with E-state index in [4.69, 9.17) is 10.8 Å². The van der Waals surface area contributed by atoms with E-state index in [1.165, 1.54) is 6.07 Å². The lowest BCUT2D eigenvalue weighted by atomic mass is 9.77. The van der Waals surface area contributed by atoms with Crippen LogP contribution in [0.2, 0.25) is 0 Å². The largest absolute Gasteiger partial charge is 0.481 e. The molecule has 0 amide bonds. The first-order chi connectivity index (χ1) is 10.3. The maximum atomic E-state index is 13.6. The Kier molecular flexibility index (Phi) is 3.25. The Morgan fingerprint density at radius 3 is 2.68 bits per heavy atom. The lowest BCUT2D eigenvalue weighted by molar-refractivity contribution is -0.147. The standard InChI is InChI=1S/C16H18FNO4/c1-7-8(3-2-4-11(7)17)5-9-6-10-12(14(19)20)13(10)16(9,18)15(21)22/h2-4,9-10,12-13H,5-6,18H2,1H3,(H,19,20)(H,21,22). The van der Waals surface area contributed by atoms with Gasteiger partial charge in [-0.3, -0.25) is 9.59 Å². The van der Waals surface area contributed by atoms with Crippen LogP contribution in [-0.2, 0) is 16.0 Å². The summed E-state index contributed by atoms with van der Waals surface area (Å²) in [4.78, 5) is 22.8. The number of hydrogen-bond acceptors (Lipinski definition) is 3. The van der Waals surface area contributed by atoms with Crippen molar-refractivity contribution < 1.29 is 24.2 Å². The Bertz CT molecular complexity index is 662. The van der Waals surface area contributed by atoms with Gasteiger partial charge in [-0.1, -0.05) is 12.1 Å². The van der Waals surface area contributed by atoms with E-state index in [2.05, 4.69) is 0 Å². The van der Waals surface area contributed by atoms with Crippen molar-refractivity contribution in [1.29, 1.82) is 0 Å². The van der Waals surface area contributed by atoms with Crippen LogP contribution in [-0.4, -0.2) is 27.7 Å². The van der Waals surface area contributed by atoms with Crippen molar-refractivity contribution in [2.45, 2.75) is 25.3 Å². The van der Waals surface area contributed by atoms with Gasteiger partial charge in [0.2, 0.25) is 0 Å². The lowest BCUT2D eigenvalue weighted by Gasteiger charge is -2.31. The number of halogens is 1. The highest BCUT2D eigenvalue weighted by molar-refractivity contribution is 5.85. The van der Waals surface area contributed by atoms with Crippen molar-refractivity contribution in [3.63, 3.8) is 0 Å². The first-order valence-electron chi connectivity index (χ1n) is 7.27. The molecule has 5 atom stereocenters. The van der Waals surface area contributed by atoms with Gasteiger partial charge in [0, 0.05) is 5.92 Å². The quantitative estimate of drug-likeness (QED) is 0.781. The highest BCUT2D eigenvalue weighted by Crippen LogP contribution is 2.64. The zero-order chi connectivity index (χ0) is 16.2. The average molecular weight is 307 g/mol. The highest BCUT2D eigenvalue weighted by atomic mass is 19.1. The van der Waals surface area contributed by atoms with Crippen LogP contribution in [0.15, 0.2) is 18.2 Å². The zero-order valence-electron chi connectivity index (χ0n) is 12.1. The van der Waals surface area contributed by atoms with Gasteiger partial charge in [-0.2, -0.15) is 0 Å². The van der Waals surface area contributed by atoms with E-state index in [1.54, 1.807) is 19.1 Å². The molecule has 0 spiro atoms. The monoisotopic (exact) mass is 307 g/mol. The Labute approximate surface area is 126 Å². The predicted molar refractivity (Wildman–Crippen MR) is 75.6 cm³/mol. The molecule has 2 fully saturated rings. The first-order valence-corrected chi connectivity index (χ1v) is 7.27. The van der Waals surface area contributed by atoms with Crippen molar-refractivity contribution in [3.05, 3.63) is 35.1 Å². The van der Waals surface area contributed by atoms with Gasteiger partial charge >= 0.3 is 11.9 Å². The molecular formula is C16H18FNO4. The number of hydrogen-bond donors (Lipinski definition) is 3. The van der Waals surface area contributed by atoms with Crippen molar-refractivity contribution in [2.75, 3.05) is 0 Å². The second-order valence-corrected chi connectivity index (χ2v) is 6.45. The van der Waals surface area contributed by atoms with Gasteiger partial charge in [0.1, 0.15) is 11.4 Å². The second kappa shape index (κ2) is 4.78. The van der Waals surface area contributed by atoms with E-state index in [9.17, 15) is 19.1 Å². The summed E-state index contributed by atoms with van der Waals surface area (Å²) in [6, 6.07) is 4.71. The summed E-state index contributed by atoms with van der Waals surface area (Å²) in [6.07, 6.45) is 0.812. The van der Waals surface area contributed by atoms with Crippen LogP contribution in [0, 0.1) is 36.4 Å². The third kappa shape index (κ3) is 1.94. The van der Waals surface area contributed by atoms with Crippen molar-refractivity contribution in [3.8, 4) is 0 Å². The van der Waals surface area contributed by atoms with Crippen molar-refractivity contribution in [1.82, 2.24) is 0 Å². The summed E-state index contributed by atoms with van der Waals surface area (Å²) >= 11 is 0. The number of rotatable bonds is 4. The molecule has 1 aromatic rings. The summed E-state index contributed by atoms with van der Waals surface area (Å²) in [5.41, 5.74) is 5.81. The van der Waals surface area contributed by atoms with E-state index in [0.717, 1.165) is 5.56 Å². The smallest absolute Gasteiger partial charge is 0.324 e. The molecule has 0 aromatic heterocycles. The highest BCUT2D eigenvalue weighted by Gasteiger charge is 2.73. The zero-order valence-corrected chi connectivity index (χ0v) is 12.1. The Morgan fingerprint density at radius 2 is 2.09 bits per heavy atom. The number of carboxylic acid groups (broad SMARTS) is 2. The van der Waals surface area contributed by atoms with E-state index in [0.29, 0.717) is 18.4 Å². The maximum absolute atomic E-state index is 13.6. The third-order valence-electron chi connectivity index (χ3n) is 5.45. The van der Waals surface area contributed by atoms with Crippen molar-refractivity contribution in [2.24, 2.45) is 29.4 Å². The molecule has 5 unspecified atom stereocenters. The van der Waals surface area contributed by atoms with Crippen LogP contribution in [0.5, 0.6) is 0 Å². The van der Waals surface area contributed by atoms with Crippen molar-refractivity contribution >= 4 is 11.9 Å². The number of aliphatic carboxylic acids is 2. The van der Waals surface area contributed by atoms with Gasteiger partial charge in [-0.25, -0.2) is 4.39 Å². The van der Waals surface area contributed by atoms with Gasteiger partial charge < -0.3 is 15.9 Å². The Balaban J connectivity index is 1.88. The van der Waals surface area contributed by atoms with Crippen LogP contribution in [0.25, 0.3) is 0 Å². The lowest BCUT2D eigenvalue weighted by Crippen LogP contribution is -2.55. The molecule has 2 aliphatic rings. The van der Waals surface area contributed by atoms with E-state index in [1.807, 2.05) is 0 Å². The molecule has 2 saturated carbocycles. The maximum Gasteiger partial charge on any atom is 0.324 e.